The van der Waals surface area contributed by atoms with E-state index in [1.54, 1.807) is 12.1 Å². The van der Waals surface area contributed by atoms with Crippen LogP contribution in [-0.4, -0.2) is 25.0 Å². The van der Waals surface area contributed by atoms with Gasteiger partial charge in [-0.3, -0.25) is 4.79 Å². The Hall–Kier alpha value is -2.82. The molecule has 0 aliphatic carbocycles. The van der Waals surface area contributed by atoms with Crippen LogP contribution in [0.4, 0.5) is 10.5 Å². The van der Waals surface area contributed by atoms with Gasteiger partial charge < -0.3 is 16.0 Å². The first-order chi connectivity index (χ1) is 12.1. The number of nitrogens with one attached hydrogen (secondary N) is 3. The lowest BCUT2D eigenvalue weighted by atomic mass is 10.1. The molecule has 0 fully saturated rings. The van der Waals surface area contributed by atoms with Gasteiger partial charge in [0.25, 0.3) is 5.91 Å². The van der Waals surface area contributed by atoms with Crippen molar-refractivity contribution in [1.29, 1.82) is 0 Å². The first-order valence-corrected chi connectivity index (χ1v) is 8.57. The number of carbonyl (C=O) groups is 2. The van der Waals surface area contributed by atoms with E-state index in [0.717, 1.165) is 18.4 Å². The Kier molecular flexibility index (Phi) is 7.01. The first kappa shape index (κ1) is 18.5. The van der Waals surface area contributed by atoms with Crippen molar-refractivity contribution in [2.45, 2.75) is 26.7 Å². The number of hydrogen-bond donors (Lipinski definition) is 3. The molecule has 5 heteroatoms. The summed E-state index contributed by atoms with van der Waals surface area (Å²) < 4.78 is 0. The fraction of sp³-hybridized carbons (Fsp3) is 0.300. The fourth-order valence-electron chi connectivity index (χ4n) is 2.47. The third-order valence-corrected chi connectivity index (χ3v) is 3.86. The molecule has 3 N–H and O–H groups in total. The van der Waals surface area contributed by atoms with E-state index in [-0.39, 0.29) is 11.9 Å². The van der Waals surface area contributed by atoms with Crippen molar-refractivity contribution >= 4 is 17.6 Å². The lowest BCUT2D eigenvalue weighted by Crippen LogP contribution is -2.30. The maximum atomic E-state index is 12.1. The Morgan fingerprint density at radius 3 is 2.48 bits per heavy atom. The molecular weight excluding hydrogens is 314 g/mol. The van der Waals surface area contributed by atoms with Crippen molar-refractivity contribution in [3.8, 4) is 0 Å². The Morgan fingerprint density at radius 2 is 1.76 bits per heavy atom. The number of amides is 3. The van der Waals surface area contributed by atoms with Gasteiger partial charge in [-0.05, 0) is 49.9 Å². The zero-order chi connectivity index (χ0) is 18.1. The van der Waals surface area contributed by atoms with E-state index >= 15 is 0 Å². The van der Waals surface area contributed by atoms with Crippen molar-refractivity contribution in [3.05, 3.63) is 65.2 Å². The van der Waals surface area contributed by atoms with E-state index in [9.17, 15) is 9.59 Å². The summed E-state index contributed by atoms with van der Waals surface area (Å²) in [6.07, 6.45) is 1.79. The zero-order valence-electron chi connectivity index (χ0n) is 14.8. The number of carbonyl (C=O) groups excluding carboxylic acids is 2. The normalized spacial score (nSPS) is 10.2. The molecule has 0 aliphatic heterocycles. The zero-order valence-corrected chi connectivity index (χ0v) is 14.8. The number of aryl methyl sites for hydroxylation is 2. The fourth-order valence-corrected chi connectivity index (χ4v) is 2.47. The predicted molar refractivity (Wildman–Crippen MR) is 101 cm³/mol. The summed E-state index contributed by atoms with van der Waals surface area (Å²) in [7, 11) is 0. The van der Waals surface area contributed by atoms with Crippen LogP contribution in [0.2, 0.25) is 0 Å². The molecule has 2 rings (SSSR count). The van der Waals surface area contributed by atoms with E-state index in [0.29, 0.717) is 24.3 Å². The minimum Gasteiger partial charge on any atom is -0.352 e. The van der Waals surface area contributed by atoms with Crippen LogP contribution < -0.4 is 16.0 Å². The van der Waals surface area contributed by atoms with Gasteiger partial charge in [0.05, 0.1) is 0 Å². The molecule has 0 radical (unpaired) electrons. The van der Waals surface area contributed by atoms with Gasteiger partial charge in [-0.15, -0.1) is 0 Å². The molecule has 0 heterocycles. The van der Waals surface area contributed by atoms with Gasteiger partial charge >= 0.3 is 6.03 Å². The van der Waals surface area contributed by atoms with Crippen LogP contribution in [0, 0.1) is 6.92 Å². The lowest BCUT2D eigenvalue weighted by Gasteiger charge is -2.11. The second-order valence-corrected chi connectivity index (χ2v) is 5.86. The van der Waals surface area contributed by atoms with Crippen molar-refractivity contribution in [3.63, 3.8) is 0 Å². The Labute approximate surface area is 148 Å². The van der Waals surface area contributed by atoms with Crippen molar-refractivity contribution in [1.82, 2.24) is 10.6 Å². The monoisotopic (exact) mass is 339 g/mol. The van der Waals surface area contributed by atoms with E-state index in [1.807, 2.05) is 38.1 Å². The Morgan fingerprint density at radius 1 is 1.00 bits per heavy atom. The summed E-state index contributed by atoms with van der Waals surface area (Å²) in [4.78, 5) is 24.0. The van der Waals surface area contributed by atoms with Gasteiger partial charge in [0, 0.05) is 24.3 Å². The molecule has 0 saturated carbocycles. The summed E-state index contributed by atoms with van der Waals surface area (Å²) >= 11 is 0. The SMILES string of the molecule is CCNC(=O)c1ccc(C)c(NC(=O)NCCCc2ccccc2)c1. The van der Waals surface area contributed by atoms with Gasteiger partial charge in [0.15, 0.2) is 0 Å². The van der Waals surface area contributed by atoms with Gasteiger partial charge in [-0.1, -0.05) is 36.4 Å². The summed E-state index contributed by atoms with van der Waals surface area (Å²) in [5, 5.41) is 8.42. The molecule has 0 unspecified atom stereocenters. The summed E-state index contributed by atoms with van der Waals surface area (Å²) in [5.74, 6) is -0.145. The van der Waals surface area contributed by atoms with Crippen LogP contribution in [0.3, 0.4) is 0 Å². The molecule has 0 bridgehead atoms. The average molecular weight is 339 g/mol. The minimum atomic E-state index is -0.260. The highest BCUT2D eigenvalue weighted by molar-refractivity contribution is 5.97. The highest BCUT2D eigenvalue weighted by atomic mass is 16.2. The maximum absolute atomic E-state index is 12.1. The molecule has 0 spiro atoms. The van der Waals surface area contributed by atoms with Gasteiger partial charge in [0.1, 0.15) is 0 Å². The molecule has 0 saturated heterocycles. The highest BCUT2D eigenvalue weighted by Crippen LogP contribution is 2.17. The van der Waals surface area contributed by atoms with Crippen LogP contribution in [0.1, 0.15) is 34.8 Å². The molecule has 5 nitrogen and oxygen atoms in total. The van der Waals surface area contributed by atoms with Crippen LogP contribution in [0.15, 0.2) is 48.5 Å². The van der Waals surface area contributed by atoms with Crippen LogP contribution in [0.25, 0.3) is 0 Å². The topological polar surface area (TPSA) is 70.2 Å². The summed E-state index contributed by atoms with van der Waals surface area (Å²) in [6, 6.07) is 15.2. The molecular formula is C20H25N3O2. The number of anilines is 1. The summed E-state index contributed by atoms with van der Waals surface area (Å²) in [5.41, 5.74) is 3.35. The minimum absolute atomic E-state index is 0.145. The highest BCUT2D eigenvalue weighted by Gasteiger charge is 2.09. The number of urea groups is 1. The van der Waals surface area contributed by atoms with Crippen molar-refractivity contribution in [2.24, 2.45) is 0 Å². The molecule has 0 atom stereocenters. The largest absolute Gasteiger partial charge is 0.352 e. The molecule has 132 valence electrons. The Balaban J connectivity index is 1.83. The van der Waals surface area contributed by atoms with Crippen LogP contribution in [-0.2, 0) is 6.42 Å². The second kappa shape index (κ2) is 9.47. The first-order valence-electron chi connectivity index (χ1n) is 8.57. The van der Waals surface area contributed by atoms with Crippen molar-refractivity contribution < 1.29 is 9.59 Å². The maximum Gasteiger partial charge on any atom is 0.319 e. The van der Waals surface area contributed by atoms with Crippen molar-refractivity contribution in [2.75, 3.05) is 18.4 Å². The third-order valence-electron chi connectivity index (χ3n) is 3.86. The summed E-state index contributed by atoms with van der Waals surface area (Å²) in [6.45, 7) is 4.92. The van der Waals surface area contributed by atoms with E-state index in [4.69, 9.17) is 0 Å². The second-order valence-electron chi connectivity index (χ2n) is 5.86. The van der Waals surface area contributed by atoms with Crippen LogP contribution in [0.5, 0.6) is 0 Å². The molecule has 25 heavy (non-hydrogen) atoms. The number of hydrogen-bond acceptors (Lipinski definition) is 2. The van der Waals surface area contributed by atoms with E-state index in [2.05, 4.69) is 28.1 Å². The van der Waals surface area contributed by atoms with Gasteiger partial charge in [-0.25, -0.2) is 4.79 Å². The number of rotatable bonds is 7. The Bertz CT molecular complexity index is 714. The van der Waals surface area contributed by atoms with Gasteiger partial charge in [0.2, 0.25) is 0 Å². The van der Waals surface area contributed by atoms with Crippen LogP contribution >= 0.6 is 0 Å². The molecule has 2 aromatic rings. The number of benzene rings is 2. The quantitative estimate of drug-likeness (QED) is 0.676. The third kappa shape index (κ3) is 5.95. The van der Waals surface area contributed by atoms with E-state index < -0.39 is 0 Å². The lowest BCUT2D eigenvalue weighted by molar-refractivity contribution is 0.0956. The molecule has 0 aliphatic rings. The smallest absolute Gasteiger partial charge is 0.319 e. The molecule has 0 aromatic heterocycles. The molecule has 3 amide bonds. The van der Waals surface area contributed by atoms with E-state index in [1.165, 1.54) is 5.56 Å². The average Bonchev–Trinajstić information content (AvgIpc) is 2.62. The molecule has 2 aromatic carbocycles. The predicted octanol–water partition coefficient (Wildman–Crippen LogP) is 3.50. The standard InChI is InChI=1S/C20H25N3O2/c1-3-21-19(24)17-12-11-15(2)18(14-17)23-20(25)22-13-7-10-16-8-5-4-6-9-16/h4-6,8-9,11-12,14H,3,7,10,13H2,1-2H3,(H,21,24)(H2,22,23,25). The van der Waals surface area contributed by atoms with Gasteiger partial charge in [-0.2, -0.15) is 0 Å².